The minimum atomic E-state index is 0. The summed E-state index contributed by atoms with van der Waals surface area (Å²) in [5.41, 5.74) is 4.20. The van der Waals surface area contributed by atoms with Crippen molar-refractivity contribution in [2.45, 2.75) is 31.1 Å². The van der Waals surface area contributed by atoms with Crippen LogP contribution in [0.3, 0.4) is 0 Å². The molecule has 2 bridgehead atoms. The normalized spacial score (nSPS) is 23.8. The smallest absolute Gasteiger partial charge is 0.0606 e. The van der Waals surface area contributed by atoms with Gasteiger partial charge in [0.25, 0.3) is 0 Å². The van der Waals surface area contributed by atoms with Crippen LogP contribution >= 0.6 is 0 Å². The average Bonchev–Trinajstić information content (AvgIpc) is 3.13. The fraction of sp³-hybridized carbons (Fsp3) is 0.312. The van der Waals surface area contributed by atoms with Gasteiger partial charge in [-0.3, -0.25) is 4.98 Å². The quantitative estimate of drug-likeness (QED) is 0.500. The van der Waals surface area contributed by atoms with Crippen molar-refractivity contribution in [3.05, 3.63) is 47.9 Å². The van der Waals surface area contributed by atoms with Gasteiger partial charge in [0.05, 0.1) is 5.65 Å². The van der Waals surface area contributed by atoms with Crippen LogP contribution in [-0.2, 0) is 21.1 Å². The summed E-state index contributed by atoms with van der Waals surface area (Å²) in [6.45, 7) is 0. The van der Waals surface area contributed by atoms with Gasteiger partial charge in [0.1, 0.15) is 0 Å². The maximum absolute atomic E-state index is 4.54. The van der Waals surface area contributed by atoms with E-state index in [1.165, 1.54) is 35.7 Å². The van der Waals surface area contributed by atoms with Gasteiger partial charge in [-0.05, 0) is 31.1 Å². The first kappa shape index (κ1) is 11.7. The first-order chi connectivity index (χ1) is 8.93. The Morgan fingerprint density at radius 1 is 1.26 bits per heavy atom. The summed E-state index contributed by atoms with van der Waals surface area (Å²) in [4.78, 5) is 4.54. The van der Waals surface area contributed by atoms with E-state index in [9.17, 15) is 0 Å². The zero-order valence-electron chi connectivity index (χ0n) is 10.4. The third-order valence-electron chi connectivity index (χ3n) is 4.77. The number of fused-ring (bicyclic) bond motifs is 10. The van der Waals surface area contributed by atoms with E-state index in [2.05, 4.69) is 33.8 Å². The average molecular weight is 428 g/mol. The van der Waals surface area contributed by atoms with E-state index >= 15 is 0 Å². The molecular weight excluding hydrogens is 415 g/mol. The second-order valence-electron chi connectivity index (χ2n) is 5.59. The van der Waals surface area contributed by atoms with Crippen molar-refractivity contribution < 1.29 is 21.1 Å². The van der Waals surface area contributed by atoms with E-state index in [0.717, 1.165) is 17.5 Å². The van der Waals surface area contributed by atoms with E-state index in [4.69, 9.17) is 0 Å². The molecule has 3 heteroatoms. The SMILES string of the molecule is [Pt].[c-]1cccc2c3c(n4ccnc4c12)C1CCC3C1. The molecule has 2 aliphatic rings. The summed E-state index contributed by atoms with van der Waals surface area (Å²) in [6, 6.07) is 9.74. The number of hydrogen-bond donors (Lipinski definition) is 0. The summed E-state index contributed by atoms with van der Waals surface area (Å²) in [5.74, 6) is 1.53. The standard InChI is InChI=1S/C16H13N2.Pt/c1-2-4-13-12(3-1)14-10-5-6-11(9-10)15(14)18-8-7-17-16(13)18;/h1-3,7-8,10-11H,5-6,9H2;/q-1;. The number of nitrogens with zero attached hydrogens (tertiary/aromatic N) is 2. The molecule has 2 unspecified atom stereocenters. The van der Waals surface area contributed by atoms with Crippen LogP contribution in [0.5, 0.6) is 0 Å². The Labute approximate surface area is 126 Å². The van der Waals surface area contributed by atoms with E-state index in [0.29, 0.717) is 0 Å². The molecule has 0 radical (unpaired) electrons. The van der Waals surface area contributed by atoms with Gasteiger partial charge >= 0.3 is 0 Å². The molecule has 1 fully saturated rings. The summed E-state index contributed by atoms with van der Waals surface area (Å²) < 4.78 is 2.32. The zero-order chi connectivity index (χ0) is 11.7. The van der Waals surface area contributed by atoms with Crippen molar-refractivity contribution in [2.24, 2.45) is 0 Å². The summed E-state index contributed by atoms with van der Waals surface area (Å²) in [7, 11) is 0. The Balaban J connectivity index is 0.000000968. The van der Waals surface area contributed by atoms with Crippen molar-refractivity contribution in [1.29, 1.82) is 0 Å². The predicted octanol–water partition coefficient (Wildman–Crippen LogP) is 3.65. The third-order valence-corrected chi connectivity index (χ3v) is 4.77. The molecule has 19 heavy (non-hydrogen) atoms. The first-order valence-corrected chi connectivity index (χ1v) is 6.72. The number of hydrogen-bond acceptors (Lipinski definition) is 1. The molecule has 1 saturated carbocycles. The van der Waals surface area contributed by atoms with Gasteiger partial charge in [0, 0.05) is 39.2 Å². The van der Waals surface area contributed by atoms with Gasteiger partial charge in [-0.25, -0.2) is 0 Å². The maximum Gasteiger partial charge on any atom is 0.0606 e. The Morgan fingerprint density at radius 3 is 3.11 bits per heavy atom. The number of rotatable bonds is 0. The summed E-state index contributed by atoms with van der Waals surface area (Å²) in [6.07, 6.45) is 8.10. The van der Waals surface area contributed by atoms with Crippen LogP contribution in [0.25, 0.3) is 16.4 Å². The van der Waals surface area contributed by atoms with Crippen LogP contribution in [0.2, 0.25) is 0 Å². The fourth-order valence-electron chi connectivity index (χ4n) is 4.13. The number of imidazole rings is 1. The number of pyridine rings is 1. The van der Waals surface area contributed by atoms with Crippen molar-refractivity contribution in [3.63, 3.8) is 0 Å². The molecule has 0 saturated heterocycles. The van der Waals surface area contributed by atoms with Gasteiger partial charge in [0.2, 0.25) is 0 Å². The van der Waals surface area contributed by atoms with Crippen LogP contribution in [0.4, 0.5) is 0 Å². The van der Waals surface area contributed by atoms with E-state index in [1.807, 2.05) is 12.3 Å². The molecule has 2 atom stereocenters. The van der Waals surface area contributed by atoms with Crippen molar-refractivity contribution >= 4 is 16.4 Å². The van der Waals surface area contributed by atoms with Gasteiger partial charge < -0.3 is 4.40 Å². The molecule has 0 spiro atoms. The molecule has 1 aromatic carbocycles. The molecule has 98 valence electrons. The minimum Gasteiger partial charge on any atom is -0.344 e. The van der Waals surface area contributed by atoms with Crippen molar-refractivity contribution in [3.8, 4) is 0 Å². The molecule has 5 rings (SSSR count). The summed E-state index contributed by atoms with van der Waals surface area (Å²) in [5, 5.41) is 2.58. The molecule has 0 aliphatic heterocycles. The summed E-state index contributed by atoms with van der Waals surface area (Å²) >= 11 is 0. The Bertz CT molecular complexity index is 790. The van der Waals surface area contributed by atoms with Gasteiger partial charge in [-0.1, -0.05) is 10.9 Å². The fourth-order valence-corrected chi connectivity index (χ4v) is 4.13. The number of aromatic nitrogens is 2. The molecule has 2 aliphatic carbocycles. The minimum absolute atomic E-state index is 0. The number of benzene rings is 1. The monoisotopic (exact) mass is 428 g/mol. The molecule has 2 heterocycles. The largest absolute Gasteiger partial charge is 0.344 e. The van der Waals surface area contributed by atoms with E-state index < -0.39 is 0 Å². The Hall–Kier alpha value is -1.14. The Morgan fingerprint density at radius 2 is 2.16 bits per heavy atom. The molecule has 2 nitrogen and oxygen atoms in total. The third kappa shape index (κ3) is 1.33. The predicted molar refractivity (Wildman–Crippen MR) is 70.9 cm³/mol. The molecular formula is C16H13N2Pt-. The van der Waals surface area contributed by atoms with Crippen LogP contribution < -0.4 is 0 Å². The van der Waals surface area contributed by atoms with Crippen LogP contribution in [0.1, 0.15) is 42.4 Å². The van der Waals surface area contributed by atoms with Crippen molar-refractivity contribution in [1.82, 2.24) is 9.38 Å². The molecule has 2 aromatic heterocycles. The molecule has 3 aromatic rings. The second kappa shape index (κ2) is 3.93. The van der Waals surface area contributed by atoms with Crippen molar-refractivity contribution in [2.75, 3.05) is 0 Å². The molecule has 0 amide bonds. The van der Waals surface area contributed by atoms with Crippen LogP contribution in [0.15, 0.2) is 30.6 Å². The Kier molecular flexibility index (Phi) is 2.41. The topological polar surface area (TPSA) is 17.3 Å². The van der Waals surface area contributed by atoms with E-state index in [-0.39, 0.29) is 21.1 Å². The van der Waals surface area contributed by atoms with Crippen LogP contribution in [-0.4, -0.2) is 9.38 Å². The van der Waals surface area contributed by atoms with E-state index in [1.54, 1.807) is 5.56 Å². The van der Waals surface area contributed by atoms with Gasteiger partial charge in [0.15, 0.2) is 0 Å². The first-order valence-electron chi connectivity index (χ1n) is 6.72. The second-order valence-corrected chi connectivity index (χ2v) is 5.59. The van der Waals surface area contributed by atoms with Gasteiger partial charge in [-0.2, -0.15) is 0 Å². The maximum atomic E-state index is 4.54. The molecule has 0 N–H and O–H groups in total. The van der Waals surface area contributed by atoms with Crippen LogP contribution in [0, 0.1) is 6.07 Å². The van der Waals surface area contributed by atoms with Gasteiger partial charge in [-0.15, -0.1) is 29.7 Å². The zero-order valence-corrected chi connectivity index (χ0v) is 12.6.